The maximum Gasteiger partial charge on any atom is 0.341 e. The summed E-state index contributed by atoms with van der Waals surface area (Å²) in [5.41, 5.74) is -0.486. The molecule has 0 bridgehead atoms. The van der Waals surface area contributed by atoms with Crippen LogP contribution in [-0.2, 0) is 0 Å². The average Bonchev–Trinajstić information content (AvgIpc) is 2.46. The van der Waals surface area contributed by atoms with Crippen molar-refractivity contribution in [2.75, 3.05) is 31.1 Å². The first-order valence-electron chi connectivity index (χ1n) is 6.38. The summed E-state index contributed by atoms with van der Waals surface area (Å²) in [6.45, 7) is 3.51. The molecule has 0 radical (unpaired) electrons. The lowest BCUT2D eigenvalue weighted by Gasteiger charge is -2.28. The van der Waals surface area contributed by atoms with E-state index in [9.17, 15) is 9.59 Å². The van der Waals surface area contributed by atoms with Gasteiger partial charge in [-0.25, -0.2) is 9.78 Å². The van der Waals surface area contributed by atoms with Gasteiger partial charge in [0.2, 0.25) is 0 Å². The number of piperazine rings is 1. The molecule has 104 valence electrons. The first-order valence-corrected chi connectivity index (χ1v) is 6.38. The topological polar surface area (TPSA) is 98.3 Å². The van der Waals surface area contributed by atoms with Crippen LogP contribution in [0.5, 0.6) is 0 Å². The minimum Gasteiger partial charge on any atom is -0.477 e. The van der Waals surface area contributed by atoms with Crippen LogP contribution < -0.4 is 15.8 Å². The van der Waals surface area contributed by atoms with E-state index in [2.05, 4.69) is 20.2 Å². The highest BCUT2D eigenvalue weighted by Gasteiger charge is 2.14. The van der Waals surface area contributed by atoms with Gasteiger partial charge in [-0.05, 0) is 18.2 Å². The molecule has 3 N–H and O–H groups in total. The van der Waals surface area contributed by atoms with E-state index >= 15 is 0 Å². The van der Waals surface area contributed by atoms with Gasteiger partial charge in [-0.3, -0.25) is 4.79 Å². The Hall–Kier alpha value is -2.41. The summed E-state index contributed by atoms with van der Waals surface area (Å²) >= 11 is 0. The monoisotopic (exact) mass is 274 g/mol. The minimum atomic E-state index is -1.24. The molecule has 7 heteroatoms. The molecule has 7 nitrogen and oxygen atoms in total. The van der Waals surface area contributed by atoms with Gasteiger partial charge in [0.15, 0.2) is 0 Å². The van der Waals surface area contributed by atoms with Crippen molar-refractivity contribution in [1.82, 2.24) is 15.3 Å². The predicted octanol–water partition coefficient (Wildman–Crippen LogP) is 0.0309. The molecule has 1 fully saturated rings. The molecular weight excluding hydrogens is 260 g/mol. The molecule has 20 heavy (non-hydrogen) atoms. The SMILES string of the molecule is O=C(O)c1cc2ccc(N3CCNCC3)nc2[nH]c1=O. The molecule has 0 unspecified atom stereocenters. The Labute approximate surface area is 114 Å². The average molecular weight is 274 g/mol. The van der Waals surface area contributed by atoms with E-state index in [1.165, 1.54) is 6.07 Å². The molecule has 0 aromatic carbocycles. The molecule has 2 aromatic heterocycles. The van der Waals surface area contributed by atoms with Crippen LogP contribution in [-0.4, -0.2) is 47.2 Å². The number of rotatable bonds is 2. The Bertz CT molecular complexity index is 719. The van der Waals surface area contributed by atoms with Gasteiger partial charge in [0, 0.05) is 31.6 Å². The number of aromatic nitrogens is 2. The number of pyridine rings is 2. The number of anilines is 1. The normalized spacial score (nSPS) is 15.5. The van der Waals surface area contributed by atoms with Crippen molar-refractivity contribution in [3.8, 4) is 0 Å². The van der Waals surface area contributed by atoms with E-state index in [1.54, 1.807) is 6.07 Å². The fraction of sp³-hybridized carbons (Fsp3) is 0.308. The fourth-order valence-electron chi connectivity index (χ4n) is 2.30. The number of fused-ring (bicyclic) bond motifs is 1. The van der Waals surface area contributed by atoms with Crippen molar-refractivity contribution >= 4 is 22.8 Å². The molecule has 3 rings (SSSR count). The van der Waals surface area contributed by atoms with E-state index in [1.807, 2.05) is 6.07 Å². The van der Waals surface area contributed by atoms with Crippen LogP contribution in [0.1, 0.15) is 10.4 Å². The summed E-state index contributed by atoms with van der Waals surface area (Å²) < 4.78 is 0. The number of hydrogen-bond donors (Lipinski definition) is 3. The Morgan fingerprint density at radius 1 is 1.30 bits per heavy atom. The summed E-state index contributed by atoms with van der Waals surface area (Å²) in [5, 5.41) is 12.8. The van der Waals surface area contributed by atoms with Crippen LogP contribution in [0.2, 0.25) is 0 Å². The largest absolute Gasteiger partial charge is 0.477 e. The van der Waals surface area contributed by atoms with Gasteiger partial charge in [-0.1, -0.05) is 0 Å². The standard InChI is InChI=1S/C13H14N4O3/c18-12-9(13(19)20)7-8-1-2-10(15-11(8)16-12)17-5-3-14-4-6-17/h1-2,7,14H,3-6H2,(H,19,20)(H,15,16,18). The maximum atomic E-state index is 11.7. The van der Waals surface area contributed by atoms with Gasteiger partial charge >= 0.3 is 5.97 Å². The van der Waals surface area contributed by atoms with Gasteiger partial charge < -0.3 is 20.3 Å². The molecule has 1 saturated heterocycles. The maximum absolute atomic E-state index is 11.7. The Kier molecular flexibility index (Phi) is 3.11. The van der Waals surface area contributed by atoms with Crippen LogP contribution in [0, 0.1) is 0 Å². The van der Waals surface area contributed by atoms with Crippen molar-refractivity contribution in [2.24, 2.45) is 0 Å². The lowest BCUT2D eigenvalue weighted by molar-refractivity contribution is 0.0695. The summed E-state index contributed by atoms with van der Waals surface area (Å²) in [5.74, 6) is -0.447. The second-order valence-corrected chi connectivity index (χ2v) is 4.66. The Balaban J connectivity index is 2.05. The van der Waals surface area contributed by atoms with Crippen molar-refractivity contribution < 1.29 is 9.90 Å². The van der Waals surface area contributed by atoms with E-state index in [-0.39, 0.29) is 5.56 Å². The molecule has 2 aromatic rings. The zero-order chi connectivity index (χ0) is 14.1. The highest BCUT2D eigenvalue weighted by molar-refractivity contribution is 5.91. The summed E-state index contributed by atoms with van der Waals surface area (Å²) in [6, 6.07) is 4.98. The lowest BCUT2D eigenvalue weighted by Crippen LogP contribution is -2.43. The molecule has 0 saturated carbocycles. The second-order valence-electron chi connectivity index (χ2n) is 4.66. The molecule has 3 heterocycles. The zero-order valence-electron chi connectivity index (χ0n) is 10.7. The number of aromatic amines is 1. The van der Waals surface area contributed by atoms with Gasteiger partial charge in [0.05, 0.1) is 0 Å². The van der Waals surface area contributed by atoms with E-state index in [0.717, 1.165) is 32.0 Å². The van der Waals surface area contributed by atoms with Crippen molar-refractivity contribution in [3.63, 3.8) is 0 Å². The minimum absolute atomic E-state index is 0.269. The van der Waals surface area contributed by atoms with E-state index < -0.39 is 11.5 Å². The van der Waals surface area contributed by atoms with Crippen LogP contribution in [0.3, 0.4) is 0 Å². The molecule has 1 aliphatic rings. The number of carboxylic acids is 1. The summed E-state index contributed by atoms with van der Waals surface area (Å²) in [4.78, 5) is 31.6. The number of aromatic carboxylic acids is 1. The van der Waals surface area contributed by atoms with Crippen LogP contribution >= 0.6 is 0 Å². The van der Waals surface area contributed by atoms with Crippen molar-refractivity contribution in [1.29, 1.82) is 0 Å². The first kappa shape index (κ1) is 12.6. The second kappa shape index (κ2) is 4.93. The third-order valence-corrected chi connectivity index (χ3v) is 3.36. The molecular formula is C13H14N4O3. The first-order chi connectivity index (χ1) is 9.65. The third kappa shape index (κ3) is 2.23. The quantitative estimate of drug-likeness (QED) is 0.714. The van der Waals surface area contributed by atoms with Gasteiger partial charge in [0.1, 0.15) is 17.0 Å². The number of nitrogens with zero attached hydrogens (tertiary/aromatic N) is 2. The molecule has 0 amide bonds. The van der Waals surface area contributed by atoms with Crippen molar-refractivity contribution in [2.45, 2.75) is 0 Å². The van der Waals surface area contributed by atoms with E-state index in [4.69, 9.17) is 5.11 Å². The molecule has 0 spiro atoms. The van der Waals surface area contributed by atoms with Crippen LogP contribution in [0.25, 0.3) is 11.0 Å². The predicted molar refractivity (Wildman–Crippen MR) is 74.4 cm³/mol. The fourth-order valence-corrected chi connectivity index (χ4v) is 2.30. The molecule has 1 aliphatic heterocycles. The van der Waals surface area contributed by atoms with Gasteiger partial charge in [0.25, 0.3) is 5.56 Å². The lowest BCUT2D eigenvalue weighted by atomic mass is 10.2. The highest BCUT2D eigenvalue weighted by Crippen LogP contribution is 2.16. The van der Waals surface area contributed by atoms with Crippen molar-refractivity contribution in [3.05, 3.63) is 34.1 Å². The van der Waals surface area contributed by atoms with Gasteiger partial charge in [-0.2, -0.15) is 0 Å². The molecule has 0 atom stereocenters. The van der Waals surface area contributed by atoms with E-state index in [0.29, 0.717) is 11.0 Å². The smallest absolute Gasteiger partial charge is 0.341 e. The number of carboxylic acid groups (broad SMARTS) is 1. The van der Waals surface area contributed by atoms with Gasteiger partial charge in [-0.15, -0.1) is 0 Å². The number of H-pyrrole nitrogens is 1. The number of nitrogens with one attached hydrogen (secondary N) is 2. The van der Waals surface area contributed by atoms with Crippen LogP contribution in [0.4, 0.5) is 5.82 Å². The highest BCUT2D eigenvalue weighted by atomic mass is 16.4. The Morgan fingerprint density at radius 2 is 2.05 bits per heavy atom. The number of carbonyl (C=O) groups is 1. The zero-order valence-corrected chi connectivity index (χ0v) is 10.7. The molecule has 0 aliphatic carbocycles. The number of hydrogen-bond acceptors (Lipinski definition) is 5. The summed E-state index contributed by atoms with van der Waals surface area (Å²) in [6.07, 6.45) is 0. The summed E-state index contributed by atoms with van der Waals surface area (Å²) in [7, 11) is 0. The van der Waals surface area contributed by atoms with Crippen LogP contribution in [0.15, 0.2) is 23.0 Å². The third-order valence-electron chi connectivity index (χ3n) is 3.36. The Morgan fingerprint density at radius 3 is 2.75 bits per heavy atom.